The summed E-state index contributed by atoms with van der Waals surface area (Å²) in [5.41, 5.74) is 2.91. The maximum absolute atomic E-state index is 14.1. The number of halogens is 2. The second kappa shape index (κ2) is 6.64. The molecule has 0 aliphatic carbocycles. The van der Waals surface area contributed by atoms with Crippen molar-refractivity contribution in [2.45, 2.75) is 26.3 Å². The Hall–Kier alpha value is -0.710. The average molecular weight is 342 g/mol. The molecule has 102 valence electrons. The van der Waals surface area contributed by atoms with Crippen molar-refractivity contribution < 1.29 is 4.39 Å². The summed E-state index contributed by atoms with van der Waals surface area (Å²) in [6.07, 6.45) is 1.02. The summed E-state index contributed by atoms with van der Waals surface area (Å²) in [7, 11) is 0. The summed E-state index contributed by atoms with van der Waals surface area (Å²) in [5.74, 6) is -0.151. The molecule has 0 saturated heterocycles. The van der Waals surface area contributed by atoms with Crippen LogP contribution in [0.1, 0.15) is 36.1 Å². The molecule has 1 heterocycles. The molecule has 0 amide bonds. The Morgan fingerprint density at radius 2 is 2.16 bits per heavy atom. The molecule has 4 heteroatoms. The summed E-state index contributed by atoms with van der Waals surface area (Å²) in [6, 6.07) is 7.25. The quantitative estimate of drug-likeness (QED) is 0.802. The van der Waals surface area contributed by atoms with E-state index in [-0.39, 0.29) is 11.9 Å². The molecule has 19 heavy (non-hydrogen) atoms. The van der Waals surface area contributed by atoms with Crippen LogP contribution in [0.2, 0.25) is 0 Å². The van der Waals surface area contributed by atoms with Gasteiger partial charge in [-0.1, -0.05) is 24.6 Å². The minimum Gasteiger partial charge on any atom is -0.306 e. The molecular formula is C15H17BrFNS. The van der Waals surface area contributed by atoms with Gasteiger partial charge in [-0.25, -0.2) is 4.39 Å². The number of nitrogens with one attached hydrogen (secondary N) is 1. The Labute approximate surface area is 126 Å². The highest BCUT2D eigenvalue weighted by Gasteiger charge is 2.18. The zero-order valence-electron chi connectivity index (χ0n) is 11.0. The molecule has 1 unspecified atom stereocenters. The van der Waals surface area contributed by atoms with Gasteiger partial charge < -0.3 is 5.32 Å². The number of benzene rings is 1. The first-order valence-corrected chi connectivity index (χ1v) is 8.02. The SMILES string of the molecule is CCCNC(c1csc(Br)c1)c1cc(C)ccc1F. The summed E-state index contributed by atoms with van der Waals surface area (Å²) < 4.78 is 15.2. The van der Waals surface area contributed by atoms with Crippen molar-refractivity contribution in [1.82, 2.24) is 5.32 Å². The predicted octanol–water partition coefficient (Wildman–Crippen LogP) is 5.05. The molecule has 0 aliphatic heterocycles. The van der Waals surface area contributed by atoms with Gasteiger partial charge in [0.2, 0.25) is 0 Å². The molecule has 0 fully saturated rings. The van der Waals surface area contributed by atoms with Gasteiger partial charge in [-0.15, -0.1) is 11.3 Å². The number of aryl methyl sites for hydroxylation is 1. The Kier molecular flexibility index (Phi) is 5.13. The zero-order chi connectivity index (χ0) is 13.8. The van der Waals surface area contributed by atoms with E-state index in [9.17, 15) is 4.39 Å². The van der Waals surface area contributed by atoms with E-state index in [0.29, 0.717) is 0 Å². The molecule has 0 saturated carbocycles. The third-order valence-corrected chi connectivity index (χ3v) is 4.50. The van der Waals surface area contributed by atoms with E-state index in [1.165, 1.54) is 0 Å². The molecule has 1 aromatic heterocycles. The first-order valence-electron chi connectivity index (χ1n) is 6.35. The molecule has 0 bridgehead atoms. The second-order valence-electron chi connectivity index (χ2n) is 4.60. The lowest BCUT2D eigenvalue weighted by Gasteiger charge is -2.19. The van der Waals surface area contributed by atoms with Gasteiger partial charge in [0.15, 0.2) is 0 Å². The van der Waals surface area contributed by atoms with E-state index in [1.807, 2.05) is 13.0 Å². The summed E-state index contributed by atoms with van der Waals surface area (Å²) >= 11 is 5.10. The van der Waals surface area contributed by atoms with Crippen LogP contribution in [-0.2, 0) is 0 Å². The maximum atomic E-state index is 14.1. The van der Waals surface area contributed by atoms with Gasteiger partial charge >= 0.3 is 0 Å². The topological polar surface area (TPSA) is 12.0 Å². The molecule has 1 aromatic carbocycles. The van der Waals surface area contributed by atoms with E-state index in [0.717, 1.165) is 33.4 Å². The highest BCUT2D eigenvalue weighted by Crippen LogP contribution is 2.31. The van der Waals surface area contributed by atoms with E-state index < -0.39 is 0 Å². The van der Waals surface area contributed by atoms with Gasteiger partial charge in [0.05, 0.1) is 9.83 Å². The third-order valence-electron chi connectivity index (χ3n) is 2.98. The number of rotatable bonds is 5. The molecule has 1 atom stereocenters. The van der Waals surface area contributed by atoms with Crippen LogP contribution in [0.3, 0.4) is 0 Å². The van der Waals surface area contributed by atoms with Gasteiger partial charge in [0, 0.05) is 5.56 Å². The summed E-state index contributed by atoms with van der Waals surface area (Å²) in [6.45, 7) is 4.97. The van der Waals surface area contributed by atoms with Crippen LogP contribution in [0.4, 0.5) is 4.39 Å². The van der Waals surface area contributed by atoms with Crippen molar-refractivity contribution in [1.29, 1.82) is 0 Å². The molecule has 1 N–H and O–H groups in total. The largest absolute Gasteiger partial charge is 0.306 e. The molecule has 2 aromatic rings. The van der Waals surface area contributed by atoms with Crippen molar-refractivity contribution in [2.24, 2.45) is 0 Å². The van der Waals surface area contributed by atoms with Crippen LogP contribution in [0.5, 0.6) is 0 Å². The fourth-order valence-corrected chi connectivity index (χ4v) is 3.26. The monoisotopic (exact) mass is 341 g/mol. The highest BCUT2D eigenvalue weighted by atomic mass is 79.9. The molecule has 0 radical (unpaired) electrons. The molecule has 2 rings (SSSR count). The lowest BCUT2D eigenvalue weighted by atomic mass is 9.99. The Bertz CT molecular complexity index is 553. The minimum absolute atomic E-state index is 0.0811. The smallest absolute Gasteiger partial charge is 0.128 e. The lowest BCUT2D eigenvalue weighted by molar-refractivity contribution is 0.547. The fourth-order valence-electron chi connectivity index (χ4n) is 2.06. The molecular weight excluding hydrogens is 325 g/mol. The van der Waals surface area contributed by atoms with Gasteiger partial charge in [0.25, 0.3) is 0 Å². The predicted molar refractivity (Wildman–Crippen MR) is 83.3 cm³/mol. The van der Waals surface area contributed by atoms with Crippen LogP contribution in [0.25, 0.3) is 0 Å². The van der Waals surface area contributed by atoms with E-state index in [1.54, 1.807) is 23.5 Å². The Balaban J connectivity index is 2.39. The summed E-state index contributed by atoms with van der Waals surface area (Å²) in [4.78, 5) is 0. The van der Waals surface area contributed by atoms with Crippen molar-refractivity contribution in [2.75, 3.05) is 6.54 Å². The fraction of sp³-hybridized carbons (Fsp3) is 0.333. The number of thiophene rings is 1. The van der Waals surface area contributed by atoms with E-state index in [4.69, 9.17) is 0 Å². The summed E-state index contributed by atoms with van der Waals surface area (Å²) in [5, 5.41) is 5.50. The van der Waals surface area contributed by atoms with Crippen molar-refractivity contribution in [3.05, 3.63) is 55.9 Å². The minimum atomic E-state index is -0.151. The van der Waals surface area contributed by atoms with E-state index >= 15 is 0 Å². The van der Waals surface area contributed by atoms with Crippen molar-refractivity contribution >= 4 is 27.3 Å². The lowest BCUT2D eigenvalue weighted by Crippen LogP contribution is -2.23. The van der Waals surface area contributed by atoms with Crippen LogP contribution in [0.15, 0.2) is 33.4 Å². The Morgan fingerprint density at radius 1 is 1.37 bits per heavy atom. The van der Waals surface area contributed by atoms with Gasteiger partial charge in [-0.05, 0) is 58.9 Å². The second-order valence-corrected chi connectivity index (χ2v) is 6.89. The van der Waals surface area contributed by atoms with Crippen LogP contribution in [-0.4, -0.2) is 6.54 Å². The van der Waals surface area contributed by atoms with Gasteiger partial charge in [0.1, 0.15) is 5.82 Å². The van der Waals surface area contributed by atoms with Crippen LogP contribution in [0, 0.1) is 12.7 Å². The third kappa shape index (κ3) is 3.65. The molecule has 1 nitrogen and oxygen atoms in total. The van der Waals surface area contributed by atoms with E-state index in [2.05, 4.69) is 39.6 Å². The van der Waals surface area contributed by atoms with Crippen LogP contribution >= 0.6 is 27.3 Å². The van der Waals surface area contributed by atoms with Crippen LogP contribution < -0.4 is 5.32 Å². The molecule has 0 spiro atoms. The highest BCUT2D eigenvalue weighted by molar-refractivity contribution is 9.11. The number of hydrogen-bond donors (Lipinski definition) is 1. The first kappa shape index (κ1) is 14.7. The van der Waals surface area contributed by atoms with Crippen molar-refractivity contribution in [3.8, 4) is 0 Å². The van der Waals surface area contributed by atoms with Gasteiger partial charge in [-0.3, -0.25) is 0 Å². The normalized spacial score (nSPS) is 12.6. The number of hydrogen-bond acceptors (Lipinski definition) is 2. The van der Waals surface area contributed by atoms with Crippen molar-refractivity contribution in [3.63, 3.8) is 0 Å². The first-order chi connectivity index (χ1) is 9.11. The van der Waals surface area contributed by atoms with Gasteiger partial charge in [-0.2, -0.15) is 0 Å². The Morgan fingerprint density at radius 3 is 2.79 bits per heavy atom. The molecule has 0 aliphatic rings. The maximum Gasteiger partial charge on any atom is 0.128 e. The standard InChI is InChI=1S/C15H17BrFNS/c1-3-6-18-15(11-8-14(16)19-9-11)12-7-10(2)4-5-13(12)17/h4-5,7-9,15,18H,3,6H2,1-2H3. The average Bonchev–Trinajstić information content (AvgIpc) is 2.80. The zero-order valence-corrected chi connectivity index (χ0v) is 13.4.